The first-order chi connectivity index (χ1) is 18.0. The molecule has 0 aliphatic carbocycles. The number of halogens is 4. The summed E-state index contributed by atoms with van der Waals surface area (Å²) in [6, 6.07) is 7.44. The van der Waals surface area contributed by atoms with Crippen molar-refractivity contribution in [3.8, 4) is 11.6 Å². The van der Waals surface area contributed by atoms with Crippen LogP contribution in [-0.2, 0) is 4.79 Å². The van der Waals surface area contributed by atoms with Crippen molar-refractivity contribution in [2.45, 2.75) is 51.9 Å². The zero-order valence-electron chi connectivity index (χ0n) is 21.3. The Morgan fingerprint density at radius 2 is 1.95 bits per heavy atom. The van der Waals surface area contributed by atoms with E-state index in [1.54, 1.807) is 30.5 Å². The monoisotopic (exact) mass is 554 g/mol. The molecule has 12 heteroatoms. The van der Waals surface area contributed by atoms with Crippen LogP contribution < -0.4 is 19.4 Å². The number of aromatic nitrogens is 1. The van der Waals surface area contributed by atoms with Gasteiger partial charge in [-0.15, -0.1) is 0 Å². The Kier molecular flexibility index (Phi) is 8.25. The summed E-state index contributed by atoms with van der Waals surface area (Å²) in [5.41, 5.74) is 0.247. The normalized spacial score (nSPS) is 23.8. The largest absolute Gasteiger partial charge is 0.490 e. The molecule has 0 unspecified atom stereocenters. The number of carboxylic acid groups (broad SMARTS) is 1. The number of ether oxygens (including phenoxy) is 2. The van der Waals surface area contributed by atoms with Crippen LogP contribution in [0.25, 0.3) is 0 Å². The van der Waals surface area contributed by atoms with Gasteiger partial charge in [-0.25, -0.2) is 4.98 Å². The molecule has 0 radical (unpaired) electrons. The molecule has 0 saturated carbocycles. The first kappa shape index (κ1) is 27.8. The van der Waals surface area contributed by atoms with Crippen molar-refractivity contribution in [2.24, 2.45) is 16.9 Å². The zero-order valence-corrected chi connectivity index (χ0v) is 22.0. The van der Waals surface area contributed by atoms with Gasteiger partial charge in [-0.3, -0.25) is 9.80 Å². The predicted molar refractivity (Wildman–Crippen MR) is 138 cm³/mol. The third kappa shape index (κ3) is 6.09. The second kappa shape index (κ2) is 11.3. The molecule has 0 amide bonds. The highest BCUT2D eigenvalue weighted by Gasteiger charge is 2.48. The number of nitrogens with zero attached hydrogens (tertiary/aromatic N) is 4. The Bertz CT molecular complexity index is 1180. The van der Waals surface area contributed by atoms with Crippen LogP contribution in [0.5, 0.6) is 11.6 Å². The van der Waals surface area contributed by atoms with Crippen LogP contribution in [0.2, 0.25) is 5.02 Å². The van der Waals surface area contributed by atoms with Crippen molar-refractivity contribution in [1.29, 1.82) is 0 Å². The number of alkyl halides is 3. The van der Waals surface area contributed by atoms with E-state index < -0.39 is 36.2 Å². The molecule has 1 fully saturated rings. The Balaban J connectivity index is 1.43. The lowest BCUT2D eigenvalue weighted by Gasteiger charge is -2.38. The number of pyridine rings is 1. The zero-order chi connectivity index (χ0) is 27.6. The number of anilines is 2. The topological polar surface area (TPSA) is 87.5 Å². The van der Waals surface area contributed by atoms with Gasteiger partial charge < -0.3 is 19.5 Å². The number of carboxylic acids is 1. The standard InChI is InChI=1S/C26H30ClF3N4O4/c1-4-37-23-11-21(19(27)13-31-23)33-10-9-22(15(2)14-33)38-18-7-5-17(6-8-18)34-20(12-24(35)36)16(3)25(32-34)26(28,29)30/h5-8,11,13,15-16,20,22H,4,9-10,12,14H2,1-3H3,(H,35,36)/t15-,16-,20-,22+/m0/s1. The number of aliphatic carboxylic acids is 1. The smallest absolute Gasteiger partial charge is 0.431 e. The lowest BCUT2D eigenvalue weighted by molar-refractivity contribution is -0.137. The third-order valence-corrected chi connectivity index (χ3v) is 7.16. The highest BCUT2D eigenvalue weighted by atomic mass is 35.5. The van der Waals surface area contributed by atoms with Gasteiger partial charge in [0.05, 0.1) is 41.7 Å². The molecule has 2 aromatic rings. The van der Waals surface area contributed by atoms with Crippen molar-refractivity contribution in [2.75, 3.05) is 29.6 Å². The summed E-state index contributed by atoms with van der Waals surface area (Å²) in [6.45, 7) is 7.24. The lowest BCUT2D eigenvalue weighted by atomic mass is 9.94. The molecule has 2 aliphatic heterocycles. The molecule has 2 aliphatic rings. The number of hydrazone groups is 1. The van der Waals surface area contributed by atoms with Gasteiger partial charge in [0.15, 0.2) is 0 Å². The molecule has 1 N–H and O–H groups in total. The van der Waals surface area contributed by atoms with E-state index in [-0.39, 0.29) is 12.0 Å². The Labute approximate surface area is 224 Å². The maximum atomic E-state index is 13.4. The molecule has 1 aromatic heterocycles. The van der Waals surface area contributed by atoms with E-state index in [0.29, 0.717) is 42.0 Å². The van der Waals surface area contributed by atoms with Crippen molar-refractivity contribution >= 4 is 34.7 Å². The van der Waals surface area contributed by atoms with E-state index in [9.17, 15) is 23.1 Å². The Hall–Kier alpha value is -3.21. The second-order valence-electron chi connectivity index (χ2n) is 9.55. The van der Waals surface area contributed by atoms with Gasteiger partial charge >= 0.3 is 12.1 Å². The number of rotatable bonds is 8. The maximum Gasteiger partial charge on any atom is 0.431 e. The summed E-state index contributed by atoms with van der Waals surface area (Å²) in [4.78, 5) is 17.7. The molecule has 206 valence electrons. The number of hydrogen-bond donors (Lipinski definition) is 1. The van der Waals surface area contributed by atoms with E-state index >= 15 is 0 Å². The summed E-state index contributed by atoms with van der Waals surface area (Å²) >= 11 is 6.39. The molecule has 1 saturated heterocycles. The molecule has 4 atom stereocenters. The fraction of sp³-hybridized carbons (Fsp3) is 0.500. The summed E-state index contributed by atoms with van der Waals surface area (Å²) in [5.74, 6) is -1.02. The molecule has 1 aromatic carbocycles. The Morgan fingerprint density at radius 3 is 2.55 bits per heavy atom. The summed E-state index contributed by atoms with van der Waals surface area (Å²) in [5, 5.41) is 14.7. The molecule has 8 nitrogen and oxygen atoms in total. The van der Waals surface area contributed by atoms with Crippen LogP contribution in [0.1, 0.15) is 33.6 Å². The molecule has 0 bridgehead atoms. The van der Waals surface area contributed by atoms with Gasteiger partial charge in [0.25, 0.3) is 0 Å². The maximum absolute atomic E-state index is 13.4. The minimum atomic E-state index is -4.63. The van der Waals surface area contributed by atoms with Crippen molar-refractivity contribution < 1.29 is 32.5 Å². The highest BCUT2D eigenvalue weighted by molar-refractivity contribution is 6.33. The van der Waals surface area contributed by atoms with Crippen molar-refractivity contribution in [3.05, 3.63) is 41.6 Å². The highest BCUT2D eigenvalue weighted by Crippen LogP contribution is 2.37. The SMILES string of the molecule is CCOc1cc(N2CC[C@@H](Oc3ccc(N4N=C(C(F)(F)F)[C@@H](C)[C@@H]4CC(=O)O)cc3)[C@@H](C)C2)c(Cl)cn1. The fourth-order valence-corrected chi connectivity index (χ4v) is 5.15. The minimum absolute atomic E-state index is 0.0782. The van der Waals surface area contributed by atoms with E-state index in [4.69, 9.17) is 21.1 Å². The summed E-state index contributed by atoms with van der Waals surface area (Å²) < 4.78 is 52.0. The first-order valence-corrected chi connectivity index (χ1v) is 12.8. The van der Waals surface area contributed by atoms with Crippen LogP contribution >= 0.6 is 11.6 Å². The van der Waals surface area contributed by atoms with Crippen LogP contribution in [0.4, 0.5) is 24.5 Å². The average Bonchev–Trinajstić information content (AvgIpc) is 3.18. The van der Waals surface area contributed by atoms with E-state index in [0.717, 1.165) is 17.1 Å². The third-order valence-electron chi connectivity index (χ3n) is 6.87. The predicted octanol–water partition coefficient (Wildman–Crippen LogP) is 5.65. The average molecular weight is 555 g/mol. The van der Waals surface area contributed by atoms with Gasteiger partial charge in [0, 0.05) is 37.4 Å². The fourth-order valence-electron chi connectivity index (χ4n) is 4.93. The van der Waals surface area contributed by atoms with Crippen molar-refractivity contribution in [3.63, 3.8) is 0 Å². The number of piperidine rings is 1. The first-order valence-electron chi connectivity index (χ1n) is 12.4. The molecule has 38 heavy (non-hydrogen) atoms. The summed E-state index contributed by atoms with van der Waals surface area (Å²) in [6.07, 6.45) is -2.86. The Morgan fingerprint density at radius 1 is 1.24 bits per heavy atom. The quantitative estimate of drug-likeness (QED) is 0.451. The summed E-state index contributed by atoms with van der Waals surface area (Å²) in [7, 11) is 0. The van der Waals surface area contributed by atoms with E-state index in [1.807, 2.05) is 13.0 Å². The minimum Gasteiger partial charge on any atom is -0.490 e. The van der Waals surface area contributed by atoms with Gasteiger partial charge in [0.2, 0.25) is 5.88 Å². The molecule has 4 rings (SSSR count). The van der Waals surface area contributed by atoms with E-state index in [1.165, 1.54) is 6.92 Å². The second-order valence-corrected chi connectivity index (χ2v) is 9.96. The molecule has 3 heterocycles. The van der Waals surface area contributed by atoms with Gasteiger partial charge in [0.1, 0.15) is 17.6 Å². The van der Waals surface area contributed by atoms with Gasteiger partial charge in [-0.2, -0.15) is 18.3 Å². The van der Waals surface area contributed by atoms with Crippen LogP contribution in [0, 0.1) is 11.8 Å². The van der Waals surface area contributed by atoms with Crippen LogP contribution in [-0.4, -0.2) is 59.8 Å². The molecule has 0 spiro atoms. The molecular formula is C26H30ClF3N4O4. The van der Waals surface area contributed by atoms with Crippen LogP contribution in [0.3, 0.4) is 0 Å². The van der Waals surface area contributed by atoms with Gasteiger partial charge in [-0.05, 0) is 31.2 Å². The lowest BCUT2D eigenvalue weighted by Crippen LogP contribution is -2.44. The van der Waals surface area contributed by atoms with E-state index in [2.05, 4.69) is 21.9 Å². The number of benzene rings is 1. The molecular weight excluding hydrogens is 525 g/mol. The van der Waals surface area contributed by atoms with Crippen LogP contribution in [0.15, 0.2) is 41.6 Å². The number of hydrogen-bond acceptors (Lipinski definition) is 7. The van der Waals surface area contributed by atoms with Gasteiger partial charge in [-0.1, -0.05) is 25.4 Å². The number of carbonyl (C=O) groups is 1. The van der Waals surface area contributed by atoms with Crippen molar-refractivity contribution in [1.82, 2.24) is 4.98 Å².